The monoisotopic (exact) mass is 512 g/mol. The predicted octanol–water partition coefficient (Wildman–Crippen LogP) is 9.06. The highest BCUT2D eigenvalue weighted by atomic mass is 79.9. The van der Waals surface area contributed by atoms with Gasteiger partial charge in [0.25, 0.3) is 0 Å². The van der Waals surface area contributed by atoms with E-state index in [9.17, 15) is 0 Å². The first-order valence-corrected chi connectivity index (χ1v) is 12.3. The quantitative estimate of drug-likeness (QED) is 0.235. The number of halogens is 1. The van der Waals surface area contributed by atoms with Gasteiger partial charge in [0, 0.05) is 21.2 Å². The fourth-order valence-corrected chi connectivity index (χ4v) is 4.68. The Morgan fingerprint density at radius 1 is 0.400 bits per heavy atom. The maximum atomic E-state index is 5.01. The van der Waals surface area contributed by atoms with Crippen LogP contribution in [0.2, 0.25) is 0 Å². The lowest BCUT2D eigenvalue weighted by molar-refractivity contribution is 1.18. The third-order valence-corrected chi connectivity index (χ3v) is 6.64. The molecule has 0 amide bonds. The van der Waals surface area contributed by atoms with Crippen molar-refractivity contribution < 1.29 is 0 Å². The van der Waals surface area contributed by atoms with Crippen LogP contribution in [-0.2, 0) is 0 Å². The molecule has 0 aliphatic heterocycles. The van der Waals surface area contributed by atoms with Crippen molar-refractivity contribution in [1.29, 1.82) is 0 Å². The van der Waals surface area contributed by atoms with Crippen molar-refractivity contribution in [2.45, 2.75) is 0 Å². The van der Waals surface area contributed by atoms with E-state index in [0.29, 0.717) is 0 Å². The largest absolute Gasteiger partial charge is 0.228 e. The molecule has 166 valence electrons. The summed E-state index contributed by atoms with van der Waals surface area (Å²) in [5.41, 5.74) is 7.33. The summed E-state index contributed by atoms with van der Waals surface area (Å²) in [5.74, 6) is 0.719. The summed E-state index contributed by atoms with van der Waals surface area (Å²) in [6.07, 6.45) is 0. The van der Waals surface area contributed by atoms with Gasteiger partial charge in [0.2, 0.25) is 0 Å². The van der Waals surface area contributed by atoms with Crippen molar-refractivity contribution in [1.82, 2.24) is 9.97 Å². The third kappa shape index (κ3) is 4.51. The van der Waals surface area contributed by atoms with Crippen LogP contribution in [0.4, 0.5) is 0 Å². The maximum Gasteiger partial charge on any atom is 0.160 e. The third-order valence-electron chi connectivity index (χ3n) is 6.14. The number of hydrogen-bond acceptors (Lipinski definition) is 2. The lowest BCUT2D eigenvalue weighted by atomic mass is 10.0. The first kappa shape index (κ1) is 21.5. The van der Waals surface area contributed by atoms with Crippen LogP contribution in [0.25, 0.3) is 55.8 Å². The minimum Gasteiger partial charge on any atom is -0.228 e. The normalized spacial score (nSPS) is 11.0. The first-order chi connectivity index (χ1) is 17.2. The van der Waals surface area contributed by atoms with Gasteiger partial charge in [-0.15, -0.1) is 0 Å². The number of rotatable bonds is 4. The highest BCUT2D eigenvalue weighted by Crippen LogP contribution is 2.31. The number of hydrogen-bond donors (Lipinski definition) is 0. The Hall–Kier alpha value is -4.08. The Balaban J connectivity index is 1.47. The van der Waals surface area contributed by atoms with Gasteiger partial charge in [0.15, 0.2) is 5.82 Å². The molecule has 0 saturated heterocycles. The van der Waals surface area contributed by atoms with E-state index in [1.54, 1.807) is 0 Å². The van der Waals surface area contributed by atoms with Crippen LogP contribution in [0.1, 0.15) is 0 Å². The molecule has 3 heteroatoms. The van der Waals surface area contributed by atoms with Crippen LogP contribution in [0, 0.1) is 0 Å². The van der Waals surface area contributed by atoms with Crippen molar-refractivity contribution in [3.05, 3.63) is 132 Å². The van der Waals surface area contributed by atoms with Crippen molar-refractivity contribution in [2.75, 3.05) is 0 Å². The van der Waals surface area contributed by atoms with E-state index in [-0.39, 0.29) is 0 Å². The molecule has 1 heterocycles. The van der Waals surface area contributed by atoms with E-state index >= 15 is 0 Å². The predicted molar refractivity (Wildman–Crippen MR) is 149 cm³/mol. The molecular weight excluding hydrogens is 492 g/mol. The van der Waals surface area contributed by atoms with Crippen LogP contribution >= 0.6 is 15.9 Å². The second kappa shape index (κ2) is 9.28. The Labute approximate surface area is 213 Å². The highest BCUT2D eigenvalue weighted by Gasteiger charge is 2.11. The van der Waals surface area contributed by atoms with Gasteiger partial charge in [0.05, 0.1) is 11.4 Å². The minimum absolute atomic E-state index is 0.719. The molecule has 0 unspecified atom stereocenters. The van der Waals surface area contributed by atoms with E-state index in [1.807, 2.05) is 24.3 Å². The van der Waals surface area contributed by atoms with E-state index in [4.69, 9.17) is 9.97 Å². The zero-order valence-corrected chi connectivity index (χ0v) is 20.5. The lowest BCUT2D eigenvalue weighted by Gasteiger charge is -2.11. The van der Waals surface area contributed by atoms with Crippen molar-refractivity contribution in [2.24, 2.45) is 0 Å². The van der Waals surface area contributed by atoms with E-state index in [1.165, 1.54) is 21.9 Å². The maximum absolute atomic E-state index is 5.01. The van der Waals surface area contributed by atoms with Gasteiger partial charge < -0.3 is 0 Å². The minimum atomic E-state index is 0.719. The molecule has 0 aliphatic rings. The van der Waals surface area contributed by atoms with E-state index in [2.05, 4.69) is 119 Å². The highest BCUT2D eigenvalue weighted by molar-refractivity contribution is 9.10. The number of nitrogens with zero attached hydrogens (tertiary/aromatic N) is 2. The van der Waals surface area contributed by atoms with Gasteiger partial charge in [-0.25, -0.2) is 9.97 Å². The Kier molecular flexibility index (Phi) is 5.69. The van der Waals surface area contributed by atoms with Gasteiger partial charge in [-0.05, 0) is 46.2 Å². The number of fused-ring (bicyclic) bond motifs is 1. The summed E-state index contributed by atoms with van der Waals surface area (Å²) in [4.78, 5) is 9.96. The lowest BCUT2D eigenvalue weighted by Crippen LogP contribution is -1.96. The van der Waals surface area contributed by atoms with Gasteiger partial charge in [-0.1, -0.05) is 119 Å². The summed E-state index contributed by atoms with van der Waals surface area (Å²) in [6, 6.07) is 44.1. The van der Waals surface area contributed by atoms with Crippen LogP contribution in [0.15, 0.2) is 132 Å². The van der Waals surface area contributed by atoms with Crippen LogP contribution in [0.5, 0.6) is 0 Å². The van der Waals surface area contributed by atoms with Crippen LogP contribution < -0.4 is 0 Å². The summed E-state index contributed by atoms with van der Waals surface area (Å²) < 4.78 is 1.08. The fraction of sp³-hybridized carbons (Fsp3) is 0. The standard InChI is InChI=1S/C32H21BrN2/c33-29-18-17-26-19-28(16-15-27(26)20-29)31-21-30(24-9-5-2-6-10-24)34-32(35-31)25-13-11-23(12-14-25)22-7-3-1-4-8-22/h1-21H. The first-order valence-electron chi connectivity index (χ1n) is 11.5. The summed E-state index contributed by atoms with van der Waals surface area (Å²) in [5, 5.41) is 2.37. The molecule has 35 heavy (non-hydrogen) atoms. The summed E-state index contributed by atoms with van der Waals surface area (Å²) in [6.45, 7) is 0. The molecule has 2 nitrogen and oxygen atoms in total. The smallest absolute Gasteiger partial charge is 0.160 e. The molecular formula is C32H21BrN2. The SMILES string of the molecule is Brc1ccc2cc(-c3cc(-c4ccccc4)nc(-c4ccc(-c5ccccc5)cc4)n3)ccc2c1. The second-order valence-corrected chi connectivity index (χ2v) is 9.39. The molecule has 0 atom stereocenters. The topological polar surface area (TPSA) is 25.8 Å². The van der Waals surface area contributed by atoms with Gasteiger partial charge in [0.1, 0.15) is 0 Å². The molecule has 0 aliphatic carbocycles. The fourth-order valence-electron chi connectivity index (χ4n) is 4.30. The number of benzene rings is 5. The van der Waals surface area contributed by atoms with Gasteiger partial charge in [-0.3, -0.25) is 0 Å². The van der Waals surface area contributed by atoms with Gasteiger partial charge in [-0.2, -0.15) is 0 Å². The second-order valence-electron chi connectivity index (χ2n) is 8.48. The zero-order valence-electron chi connectivity index (χ0n) is 18.9. The molecule has 0 radical (unpaired) electrons. The van der Waals surface area contributed by atoms with Crippen LogP contribution in [0.3, 0.4) is 0 Å². The van der Waals surface area contributed by atoms with E-state index < -0.39 is 0 Å². The molecule has 1 aromatic heterocycles. The molecule has 0 N–H and O–H groups in total. The van der Waals surface area contributed by atoms with Crippen molar-refractivity contribution in [3.63, 3.8) is 0 Å². The van der Waals surface area contributed by atoms with Crippen molar-refractivity contribution in [3.8, 4) is 45.0 Å². The molecule has 0 spiro atoms. The summed E-state index contributed by atoms with van der Waals surface area (Å²) in [7, 11) is 0. The molecule has 0 fully saturated rings. The molecule has 6 aromatic rings. The summed E-state index contributed by atoms with van der Waals surface area (Å²) >= 11 is 3.57. The Morgan fingerprint density at radius 2 is 0.914 bits per heavy atom. The molecule has 5 aromatic carbocycles. The number of aromatic nitrogens is 2. The van der Waals surface area contributed by atoms with Gasteiger partial charge >= 0.3 is 0 Å². The van der Waals surface area contributed by atoms with Crippen molar-refractivity contribution >= 4 is 26.7 Å². The molecule has 0 bridgehead atoms. The molecule has 6 rings (SSSR count). The average Bonchev–Trinajstić information content (AvgIpc) is 2.93. The molecule has 0 saturated carbocycles. The Bertz CT molecular complexity index is 1630. The Morgan fingerprint density at radius 3 is 1.63 bits per heavy atom. The average molecular weight is 513 g/mol. The zero-order chi connectivity index (χ0) is 23.6. The van der Waals surface area contributed by atoms with Crippen LogP contribution in [-0.4, -0.2) is 9.97 Å². The van der Waals surface area contributed by atoms with E-state index in [0.717, 1.165) is 38.4 Å².